The standard InChI is InChI=1S/C9H4N2O2S/c12-5-10-9(13)7-3-1-2-4-8(7)11-6-14/h1-4H. The summed E-state index contributed by atoms with van der Waals surface area (Å²) in [7, 11) is 0. The molecule has 0 radical (unpaired) electrons. The molecule has 14 heavy (non-hydrogen) atoms. The highest BCUT2D eigenvalue weighted by atomic mass is 32.1. The van der Waals surface area contributed by atoms with E-state index in [2.05, 4.69) is 27.4 Å². The molecule has 1 amide bonds. The number of para-hydroxylation sites is 1. The third-order valence-electron chi connectivity index (χ3n) is 1.45. The molecule has 0 aliphatic heterocycles. The second kappa shape index (κ2) is 4.94. The Morgan fingerprint density at radius 2 is 2.07 bits per heavy atom. The van der Waals surface area contributed by atoms with E-state index in [1.54, 1.807) is 18.2 Å². The number of carbonyl (C=O) groups is 1. The molecule has 0 fully saturated rings. The number of amides is 1. The monoisotopic (exact) mass is 204 g/mol. The minimum atomic E-state index is -0.690. The maximum Gasteiger partial charge on any atom is 0.289 e. The summed E-state index contributed by atoms with van der Waals surface area (Å²) in [5, 5.41) is 2.14. The Morgan fingerprint density at radius 3 is 2.71 bits per heavy atom. The quantitative estimate of drug-likeness (QED) is 0.420. The van der Waals surface area contributed by atoms with Gasteiger partial charge in [0.15, 0.2) is 0 Å². The fourth-order valence-electron chi connectivity index (χ4n) is 0.903. The molecule has 4 nitrogen and oxygen atoms in total. The van der Waals surface area contributed by atoms with Crippen molar-refractivity contribution < 1.29 is 9.59 Å². The van der Waals surface area contributed by atoms with Crippen LogP contribution in [0.2, 0.25) is 0 Å². The normalized spacial score (nSPS) is 8.29. The molecule has 1 aromatic rings. The molecular weight excluding hydrogens is 200 g/mol. The average molecular weight is 204 g/mol. The lowest BCUT2D eigenvalue weighted by Gasteiger charge is -1.96. The number of thiocarbonyl (C=S) groups is 1. The van der Waals surface area contributed by atoms with Gasteiger partial charge in [0.25, 0.3) is 5.91 Å². The van der Waals surface area contributed by atoms with E-state index in [1.165, 1.54) is 12.1 Å². The Hall–Kier alpha value is -1.93. The first-order valence-electron chi connectivity index (χ1n) is 3.58. The van der Waals surface area contributed by atoms with Crippen LogP contribution in [0, 0.1) is 0 Å². The summed E-state index contributed by atoms with van der Waals surface area (Å²) in [6, 6.07) is 6.39. The number of isocyanates is 1. The van der Waals surface area contributed by atoms with Crippen molar-refractivity contribution in [3.8, 4) is 0 Å². The summed E-state index contributed by atoms with van der Waals surface area (Å²) in [6.45, 7) is 0. The summed E-state index contributed by atoms with van der Waals surface area (Å²) in [5.74, 6) is -0.690. The van der Waals surface area contributed by atoms with E-state index in [4.69, 9.17) is 0 Å². The summed E-state index contributed by atoms with van der Waals surface area (Å²) in [4.78, 5) is 27.7. The lowest BCUT2D eigenvalue weighted by molar-refractivity contribution is 0.100. The van der Waals surface area contributed by atoms with E-state index >= 15 is 0 Å². The third-order valence-corrected chi connectivity index (χ3v) is 1.54. The summed E-state index contributed by atoms with van der Waals surface area (Å²) in [6.07, 6.45) is 1.17. The molecule has 0 saturated heterocycles. The number of carbonyl (C=O) groups excluding carboxylic acids is 2. The number of nitrogens with zero attached hydrogens (tertiary/aromatic N) is 2. The molecule has 0 bridgehead atoms. The largest absolute Gasteiger partial charge is 0.289 e. The van der Waals surface area contributed by atoms with Crippen molar-refractivity contribution in [1.29, 1.82) is 0 Å². The van der Waals surface area contributed by atoms with Crippen LogP contribution in [0.25, 0.3) is 0 Å². The van der Waals surface area contributed by atoms with Crippen molar-refractivity contribution in [3.05, 3.63) is 29.8 Å². The van der Waals surface area contributed by atoms with Gasteiger partial charge in [-0.25, -0.2) is 4.79 Å². The van der Waals surface area contributed by atoms with Gasteiger partial charge in [0.2, 0.25) is 6.08 Å². The number of hydrogen-bond acceptors (Lipinski definition) is 4. The van der Waals surface area contributed by atoms with Gasteiger partial charge in [-0.15, -0.1) is 4.99 Å². The number of benzene rings is 1. The topological polar surface area (TPSA) is 58.9 Å². The molecular formula is C9H4N2O2S. The Kier molecular flexibility index (Phi) is 3.58. The molecule has 0 aliphatic rings. The minimum absolute atomic E-state index is 0.202. The van der Waals surface area contributed by atoms with Crippen LogP contribution < -0.4 is 0 Å². The third kappa shape index (κ3) is 2.28. The van der Waals surface area contributed by atoms with Crippen LogP contribution in [0.4, 0.5) is 5.69 Å². The molecule has 5 heteroatoms. The molecule has 0 aromatic heterocycles. The molecule has 0 N–H and O–H groups in total. The maximum atomic E-state index is 11.2. The van der Waals surface area contributed by atoms with Crippen molar-refractivity contribution in [2.24, 2.45) is 9.98 Å². The highest BCUT2D eigenvalue weighted by molar-refractivity contribution is 7.78. The molecule has 0 saturated carbocycles. The molecule has 68 valence electrons. The molecule has 0 unspecified atom stereocenters. The Morgan fingerprint density at radius 1 is 1.36 bits per heavy atom. The Labute approximate surface area is 85.0 Å². The molecule has 1 rings (SSSR count). The van der Waals surface area contributed by atoms with Crippen LogP contribution in [-0.2, 0) is 4.79 Å². The van der Waals surface area contributed by atoms with Gasteiger partial charge >= 0.3 is 0 Å². The van der Waals surface area contributed by atoms with Crippen LogP contribution in [0.1, 0.15) is 10.4 Å². The lowest BCUT2D eigenvalue weighted by Crippen LogP contribution is -1.94. The van der Waals surface area contributed by atoms with Crippen LogP contribution in [0.5, 0.6) is 0 Å². The van der Waals surface area contributed by atoms with Gasteiger partial charge in [-0.1, -0.05) is 12.1 Å². The van der Waals surface area contributed by atoms with Gasteiger partial charge in [-0.3, -0.25) is 4.79 Å². The van der Waals surface area contributed by atoms with Crippen molar-refractivity contribution in [1.82, 2.24) is 0 Å². The number of rotatable bonds is 2. The van der Waals surface area contributed by atoms with Gasteiger partial charge in [0.05, 0.1) is 16.4 Å². The van der Waals surface area contributed by atoms with Crippen LogP contribution in [-0.4, -0.2) is 17.1 Å². The highest BCUT2D eigenvalue weighted by Crippen LogP contribution is 2.18. The first-order chi connectivity index (χ1) is 6.79. The number of isothiocyanates is 1. The van der Waals surface area contributed by atoms with Crippen molar-refractivity contribution in [3.63, 3.8) is 0 Å². The van der Waals surface area contributed by atoms with Gasteiger partial charge in [0, 0.05) is 0 Å². The highest BCUT2D eigenvalue weighted by Gasteiger charge is 2.08. The van der Waals surface area contributed by atoms with Gasteiger partial charge in [-0.05, 0) is 24.4 Å². The van der Waals surface area contributed by atoms with E-state index in [-0.39, 0.29) is 5.56 Å². The first kappa shape index (κ1) is 10.2. The van der Waals surface area contributed by atoms with Gasteiger partial charge in [0.1, 0.15) is 0 Å². The fourth-order valence-corrected chi connectivity index (χ4v) is 1.00. The van der Waals surface area contributed by atoms with E-state index in [0.29, 0.717) is 5.69 Å². The van der Waals surface area contributed by atoms with Crippen LogP contribution in [0.15, 0.2) is 34.3 Å². The summed E-state index contributed by atoms with van der Waals surface area (Å²) >= 11 is 4.41. The Balaban J connectivity index is 3.25. The molecule has 0 spiro atoms. The van der Waals surface area contributed by atoms with E-state index < -0.39 is 5.91 Å². The predicted molar refractivity (Wildman–Crippen MR) is 53.6 cm³/mol. The fraction of sp³-hybridized carbons (Fsp3) is 0. The zero-order valence-corrected chi connectivity index (χ0v) is 7.75. The van der Waals surface area contributed by atoms with Crippen molar-refractivity contribution >= 4 is 35.1 Å². The van der Waals surface area contributed by atoms with Gasteiger partial charge in [-0.2, -0.15) is 4.99 Å². The summed E-state index contributed by atoms with van der Waals surface area (Å²) in [5.41, 5.74) is 0.541. The van der Waals surface area contributed by atoms with E-state index in [1.807, 2.05) is 0 Å². The maximum absolute atomic E-state index is 11.2. The minimum Gasteiger partial charge on any atom is -0.266 e. The molecule has 0 atom stereocenters. The molecule has 1 aromatic carbocycles. The number of aliphatic imine (C=N–C) groups is 2. The first-order valence-corrected chi connectivity index (χ1v) is 3.99. The second-order valence-corrected chi connectivity index (χ2v) is 2.41. The van der Waals surface area contributed by atoms with Gasteiger partial charge < -0.3 is 0 Å². The average Bonchev–Trinajstić information content (AvgIpc) is 2.19. The predicted octanol–water partition coefficient (Wildman–Crippen LogP) is 1.90. The lowest BCUT2D eigenvalue weighted by atomic mass is 10.2. The van der Waals surface area contributed by atoms with Crippen molar-refractivity contribution in [2.45, 2.75) is 0 Å². The van der Waals surface area contributed by atoms with E-state index in [0.717, 1.165) is 0 Å². The molecule has 0 heterocycles. The zero-order chi connectivity index (χ0) is 10.4. The Bertz CT molecular complexity index is 458. The number of hydrogen-bond donors (Lipinski definition) is 0. The smallest absolute Gasteiger partial charge is 0.266 e. The zero-order valence-electron chi connectivity index (χ0n) is 6.93. The summed E-state index contributed by atoms with van der Waals surface area (Å²) < 4.78 is 0. The van der Waals surface area contributed by atoms with Crippen LogP contribution in [0.3, 0.4) is 0 Å². The van der Waals surface area contributed by atoms with Crippen LogP contribution >= 0.6 is 12.2 Å². The molecule has 0 aliphatic carbocycles. The van der Waals surface area contributed by atoms with E-state index in [9.17, 15) is 9.59 Å². The SMILES string of the molecule is O=C=NC(=O)c1ccccc1N=C=S. The van der Waals surface area contributed by atoms with Crippen molar-refractivity contribution in [2.75, 3.05) is 0 Å². The second-order valence-electron chi connectivity index (χ2n) is 2.23.